The van der Waals surface area contributed by atoms with Gasteiger partial charge in [-0.15, -0.1) is 11.3 Å². The fourth-order valence-corrected chi connectivity index (χ4v) is 2.82. The molecule has 0 spiro atoms. The molecule has 0 atom stereocenters. The third kappa shape index (κ3) is 3.61. The summed E-state index contributed by atoms with van der Waals surface area (Å²) in [7, 11) is -3.67. The summed E-state index contributed by atoms with van der Waals surface area (Å²) in [6.45, 7) is 0. The molecule has 0 radical (unpaired) electrons. The standard InChI is InChI=1S/C13H8OS.H4N2O2S/c14-13-9-5-1-3-7-11(9)15-12-8-4-2-6-10(12)13;1-5(2,3)4/h1-8H;(H4,1,2,3,4). The third-order valence-electron chi connectivity index (χ3n) is 2.48. The van der Waals surface area contributed by atoms with Crippen LogP contribution in [0.5, 0.6) is 0 Å². The maximum absolute atomic E-state index is 12.1. The van der Waals surface area contributed by atoms with Gasteiger partial charge in [0, 0.05) is 20.2 Å². The van der Waals surface area contributed by atoms with Gasteiger partial charge in [0.1, 0.15) is 0 Å². The molecule has 0 aliphatic rings. The lowest BCUT2D eigenvalue weighted by Crippen LogP contribution is -2.21. The molecule has 3 aromatic rings. The summed E-state index contributed by atoms with van der Waals surface area (Å²) in [5.41, 5.74) is 0.139. The summed E-state index contributed by atoms with van der Waals surface area (Å²) in [4.78, 5) is 12.1. The van der Waals surface area contributed by atoms with E-state index in [0.717, 1.165) is 20.2 Å². The zero-order valence-corrected chi connectivity index (χ0v) is 11.9. The van der Waals surface area contributed by atoms with E-state index < -0.39 is 10.2 Å². The minimum absolute atomic E-state index is 0.139. The van der Waals surface area contributed by atoms with Crippen LogP contribution in [0.3, 0.4) is 0 Å². The van der Waals surface area contributed by atoms with Crippen molar-refractivity contribution in [1.82, 2.24) is 0 Å². The molecule has 1 aromatic heterocycles. The molecule has 0 unspecified atom stereocenters. The van der Waals surface area contributed by atoms with E-state index in [9.17, 15) is 13.2 Å². The van der Waals surface area contributed by atoms with Crippen LogP contribution in [0.15, 0.2) is 53.3 Å². The number of rotatable bonds is 0. The highest BCUT2D eigenvalue weighted by molar-refractivity contribution is 7.86. The van der Waals surface area contributed by atoms with E-state index in [-0.39, 0.29) is 5.43 Å². The Hall–Kier alpha value is -1.80. The van der Waals surface area contributed by atoms with Crippen LogP contribution in [0.2, 0.25) is 0 Å². The summed E-state index contributed by atoms with van der Waals surface area (Å²) in [6.07, 6.45) is 0. The molecule has 20 heavy (non-hydrogen) atoms. The number of hydrogen-bond donors (Lipinski definition) is 2. The van der Waals surface area contributed by atoms with Gasteiger partial charge in [-0.05, 0) is 24.3 Å². The van der Waals surface area contributed by atoms with Gasteiger partial charge in [-0.1, -0.05) is 24.3 Å². The van der Waals surface area contributed by atoms with E-state index in [1.54, 1.807) is 11.3 Å². The second kappa shape index (κ2) is 5.68. The lowest BCUT2D eigenvalue weighted by molar-refractivity contribution is 0.599. The van der Waals surface area contributed by atoms with Crippen LogP contribution in [0, 0.1) is 0 Å². The molecule has 7 heteroatoms. The predicted octanol–water partition coefficient (Wildman–Crippen LogP) is 1.56. The van der Waals surface area contributed by atoms with E-state index >= 15 is 0 Å². The van der Waals surface area contributed by atoms with Gasteiger partial charge in [-0.25, -0.2) is 10.3 Å². The normalized spacial score (nSPS) is 11.1. The van der Waals surface area contributed by atoms with Gasteiger partial charge in [0.25, 0.3) is 10.2 Å². The highest BCUT2D eigenvalue weighted by atomic mass is 32.2. The molecule has 0 fully saturated rings. The molecule has 104 valence electrons. The first-order chi connectivity index (χ1) is 9.36. The number of fused-ring (bicyclic) bond motifs is 2. The molecule has 5 nitrogen and oxygen atoms in total. The summed E-state index contributed by atoms with van der Waals surface area (Å²) >= 11 is 1.67. The molecule has 0 aliphatic carbocycles. The summed E-state index contributed by atoms with van der Waals surface area (Å²) < 4.78 is 20.5. The molecule has 0 amide bonds. The summed E-state index contributed by atoms with van der Waals surface area (Å²) in [5.74, 6) is 0. The highest BCUT2D eigenvalue weighted by Crippen LogP contribution is 2.23. The fraction of sp³-hybridized carbons (Fsp3) is 0. The highest BCUT2D eigenvalue weighted by Gasteiger charge is 2.03. The molecule has 2 aromatic carbocycles. The van der Waals surface area contributed by atoms with Crippen LogP contribution in [0.4, 0.5) is 0 Å². The monoisotopic (exact) mass is 308 g/mol. The Labute approximate surface area is 119 Å². The summed E-state index contributed by atoms with van der Waals surface area (Å²) in [6, 6.07) is 15.5. The molecule has 0 saturated carbocycles. The molecule has 0 saturated heterocycles. The summed E-state index contributed by atoms with van der Waals surface area (Å²) in [5, 5.41) is 9.85. The van der Waals surface area contributed by atoms with Crippen molar-refractivity contribution in [2.45, 2.75) is 0 Å². The zero-order valence-electron chi connectivity index (χ0n) is 10.3. The quantitative estimate of drug-likeness (QED) is 0.616. The number of nitrogens with two attached hydrogens (primary N) is 2. The second-order valence-corrected chi connectivity index (χ2v) is 6.27. The lowest BCUT2D eigenvalue weighted by Gasteiger charge is -1.99. The van der Waals surface area contributed by atoms with Crippen molar-refractivity contribution in [3.63, 3.8) is 0 Å². The van der Waals surface area contributed by atoms with E-state index in [0.29, 0.717) is 0 Å². The Morgan fingerprint density at radius 2 is 1.15 bits per heavy atom. The van der Waals surface area contributed by atoms with Gasteiger partial charge in [0.05, 0.1) is 0 Å². The van der Waals surface area contributed by atoms with Crippen LogP contribution >= 0.6 is 11.3 Å². The Morgan fingerprint density at radius 1 is 0.800 bits per heavy atom. The van der Waals surface area contributed by atoms with Crippen LogP contribution in [-0.2, 0) is 10.2 Å². The average Bonchev–Trinajstić information content (AvgIpc) is 2.37. The molecule has 3 rings (SSSR count). The SMILES string of the molecule is NS(N)(=O)=O.O=c1c2ccccc2sc2ccccc12. The molecule has 1 heterocycles. The van der Waals surface area contributed by atoms with Gasteiger partial charge >= 0.3 is 0 Å². The molecular weight excluding hydrogens is 296 g/mol. The molecule has 0 aliphatic heterocycles. The van der Waals surface area contributed by atoms with E-state index in [4.69, 9.17) is 0 Å². The van der Waals surface area contributed by atoms with Crippen molar-refractivity contribution in [3.8, 4) is 0 Å². The van der Waals surface area contributed by atoms with Gasteiger partial charge in [-0.2, -0.15) is 8.42 Å². The first-order valence-corrected chi connectivity index (χ1v) is 8.00. The van der Waals surface area contributed by atoms with Crippen LogP contribution in [0.25, 0.3) is 20.2 Å². The average molecular weight is 308 g/mol. The Bertz CT molecular complexity index is 852. The minimum Gasteiger partial charge on any atom is -0.289 e. The predicted molar refractivity (Wildman–Crippen MR) is 82.9 cm³/mol. The smallest absolute Gasteiger partial charge is 0.271 e. The first-order valence-electron chi connectivity index (χ1n) is 5.57. The molecular formula is C13H12N2O3S2. The fourth-order valence-electron chi connectivity index (χ4n) is 1.75. The third-order valence-corrected chi connectivity index (χ3v) is 3.64. The molecule has 0 bridgehead atoms. The maximum atomic E-state index is 12.1. The Kier molecular flexibility index (Phi) is 4.15. The van der Waals surface area contributed by atoms with Crippen molar-refractivity contribution in [3.05, 3.63) is 58.8 Å². The van der Waals surface area contributed by atoms with Gasteiger partial charge in [0.2, 0.25) is 0 Å². The van der Waals surface area contributed by atoms with Crippen molar-refractivity contribution in [2.75, 3.05) is 0 Å². The molecule has 4 N–H and O–H groups in total. The van der Waals surface area contributed by atoms with E-state index in [2.05, 4.69) is 10.3 Å². The van der Waals surface area contributed by atoms with Crippen molar-refractivity contribution < 1.29 is 8.42 Å². The Balaban J connectivity index is 0.000000257. The first kappa shape index (κ1) is 14.6. The Morgan fingerprint density at radius 3 is 1.55 bits per heavy atom. The van der Waals surface area contributed by atoms with Crippen molar-refractivity contribution in [1.29, 1.82) is 0 Å². The number of hydrogen-bond acceptors (Lipinski definition) is 4. The van der Waals surface area contributed by atoms with Crippen molar-refractivity contribution >= 4 is 41.7 Å². The lowest BCUT2D eigenvalue weighted by atomic mass is 10.2. The van der Waals surface area contributed by atoms with Crippen LogP contribution in [0.1, 0.15) is 0 Å². The van der Waals surface area contributed by atoms with Crippen molar-refractivity contribution in [2.24, 2.45) is 10.3 Å². The van der Waals surface area contributed by atoms with Crippen LogP contribution < -0.4 is 15.7 Å². The zero-order chi connectivity index (χ0) is 14.8. The second-order valence-electron chi connectivity index (χ2n) is 4.01. The van der Waals surface area contributed by atoms with E-state index in [1.165, 1.54) is 0 Å². The number of benzene rings is 2. The maximum Gasteiger partial charge on any atom is 0.271 e. The minimum atomic E-state index is -3.67. The van der Waals surface area contributed by atoms with Gasteiger partial charge in [-0.3, -0.25) is 4.79 Å². The van der Waals surface area contributed by atoms with Crippen LogP contribution in [-0.4, -0.2) is 8.42 Å². The van der Waals surface area contributed by atoms with E-state index in [1.807, 2.05) is 48.5 Å². The van der Waals surface area contributed by atoms with Gasteiger partial charge < -0.3 is 0 Å². The van der Waals surface area contributed by atoms with Gasteiger partial charge in [0.15, 0.2) is 5.43 Å². The largest absolute Gasteiger partial charge is 0.289 e. The topological polar surface area (TPSA) is 103 Å².